The summed E-state index contributed by atoms with van der Waals surface area (Å²) in [5, 5.41) is 18.8. The van der Waals surface area contributed by atoms with Crippen molar-refractivity contribution in [2.45, 2.75) is 43.4 Å². The number of hydrogen-bond donors (Lipinski definition) is 5. The van der Waals surface area contributed by atoms with Crippen molar-refractivity contribution < 1.29 is 23.1 Å². The van der Waals surface area contributed by atoms with Crippen molar-refractivity contribution >= 4 is 39.0 Å². The maximum absolute atomic E-state index is 13.7. The zero-order valence-corrected chi connectivity index (χ0v) is 27.4. The summed E-state index contributed by atoms with van der Waals surface area (Å²) in [6, 6.07) is 21.3. The number of hydrogen-bond acceptors (Lipinski definition) is 8. The van der Waals surface area contributed by atoms with Crippen LogP contribution in [0.15, 0.2) is 77.7 Å². The second-order valence-electron chi connectivity index (χ2n) is 11.9. The van der Waals surface area contributed by atoms with Crippen molar-refractivity contribution in [1.82, 2.24) is 19.9 Å². The van der Waals surface area contributed by atoms with E-state index in [1.54, 1.807) is 36.4 Å². The van der Waals surface area contributed by atoms with E-state index in [-0.39, 0.29) is 47.4 Å². The smallest absolute Gasteiger partial charge is 0.240 e. The van der Waals surface area contributed by atoms with Crippen LogP contribution in [0.2, 0.25) is 5.28 Å². The van der Waals surface area contributed by atoms with E-state index in [2.05, 4.69) is 25.2 Å². The first-order chi connectivity index (χ1) is 22.6. The van der Waals surface area contributed by atoms with Gasteiger partial charge in [0, 0.05) is 36.1 Å². The Balaban J connectivity index is 1.29. The van der Waals surface area contributed by atoms with Crippen molar-refractivity contribution in [3.8, 4) is 22.5 Å². The molecule has 0 aliphatic heterocycles. The standard InChI is InChI=1S/C34H39ClN6O5S/c35-34-39-32(40-41-34)27-9-13-29(14-10-27)38-33(44)28(20-31(43)26-7-3-23(21-36)4-8-26)19-22-1-5-24(6-2-22)25-11-15-30(16-12-25)47(45,46)37-17-18-42/h1-2,5-6,9-16,23,26,28,37,42H,3-4,7-8,17-21,36H2,(H,38,44)(H,39,40,41)/t23?,26?,28-/m1/s1. The average molecular weight is 679 g/mol. The van der Waals surface area contributed by atoms with Crippen molar-refractivity contribution in [3.05, 3.63) is 83.6 Å². The summed E-state index contributed by atoms with van der Waals surface area (Å²) in [6.45, 7) is 0.288. The van der Waals surface area contributed by atoms with Gasteiger partial charge >= 0.3 is 0 Å². The van der Waals surface area contributed by atoms with Gasteiger partial charge in [-0.05, 0) is 109 Å². The summed E-state index contributed by atoms with van der Waals surface area (Å²) >= 11 is 5.85. The molecular formula is C34H39ClN6O5S. The van der Waals surface area contributed by atoms with E-state index in [1.165, 1.54) is 12.1 Å². The number of halogens is 1. The van der Waals surface area contributed by atoms with Gasteiger partial charge in [0.25, 0.3) is 0 Å². The largest absolute Gasteiger partial charge is 0.395 e. The second kappa shape index (κ2) is 15.8. The highest BCUT2D eigenvalue weighted by Gasteiger charge is 2.30. The predicted octanol–water partition coefficient (Wildman–Crippen LogP) is 4.58. The fourth-order valence-electron chi connectivity index (χ4n) is 5.91. The van der Waals surface area contributed by atoms with Gasteiger partial charge in [-0.25, -0.2) is 18.2 Å². The molecule has 4 aromatic rings. The summed E-state index contributed by atoms with van der Waals surface area (Å²) in [6.07, 6.45) is 3.97. The van der Waals surface area contributed by atoms with Crippen LogP contribution >= 0.6 is 11.6 Å². The van der Waals surface area contributed by atoms with E-state index in [1.807, 2.05) is 24.3 Å². The summed E-state index contributed by atoms with van der Waals surface area (Å²) in [4.78, 5) is 31.3. The molecule has 1 saturated carbocycles. The highest BCUT2D eigenvalue weighted by atomic mass is 35.5. The van der Waals surface area contributed by atoms with Crippen molar-refractivity contribution in [3.63, 3.8) is 0 Å². The van der Waals surface area contributed by atoms with Gasteiger partial charge < -0.3 is 16.2 Å². The molecule has 47 heavy (non-hydrogen) atoms. The number of sulfonamides is 1. The van der Waals surface area contributed by atoms with E-state index < -0.39 is 15.9 Å². The first-order valence-corrected chi connectivity index (χ1v) is 17.5. The number of Topliss-reactive ketones (excluding diaryl/α,β-unsaturated/α-hetero) is 1. The minimum atomic E-state index is -3.70. The minimum absolute atomic E-state index is 0.0584. The summed E-state index contributed by atoms with van der Waals surface area (Å²) in [5.74, 6) is 0.128. The number of aromatic amines is 1. The van der Waals surface area contributed by atoms with Crippen molar-refractivity contribution in [2.75, 3.05) is 25.0 Å². The van der Waals surface area contributed by atoms with E-state index in [4.69, 9.17) is 22.4 Å². The number of rotatable bonds is 14. The maximum atomic E-state index is 13.7. The Bertz CT molecular complexity index is 1750. The predicted molar refractivity (Wildman–Crippen MR) is 181 cm³/mol. The Morgan fingerprint density at radius 3 is 2.13 bits per heavy atom. The fraction of sp³-hybridized carbons (Fsp3) is 0.353. The minimum Gasteiger partial charge on any atom is -0.395 e. The van der Waals surface area contributed by atoms with Crippen LogP contribution in [0.3, 0.4) is 0 Å². The number of aliphatic hydroxyl groups excluding tert-OH is 1. The molecule has 248 valence electrons. The third-order valence-electron chi connectivity index (χ3n) is 8.66. The number of ketones is 1. The first-order valence-electron chi connectivity index (χ1n) is 15.7. The van der Waals surface area contributed by atoms with E-state index in [9.17, 15) is 18.0 Å². The van der Waals surface area contributed by atoms with Gasteiger partial charge in [-0.15, -0.1) is 0 Å². The van der Waals surface area contributed by atoms with Crippen LogP contribution < -0.4 is 15.8 Å². The molecule has 5 rings (SSSR count). The lowest BCUT2D eigenvalue weighted by Gasteiger charge is -2.27. The average Bonchev–Trinajstić information content (AvgIpc) is 3.53. The number of benzene rings is 3. The van der Waals surface area contributed by atoms with Crippen molar-refractivity contribution in [2.24, 2.45) is 23.5 Å². The Hall–Kier alpha value is -3.94. The second-order valence-corrected chi connectivity index (χ2v) is 14.0. The first kappa shape index (κ1) is 34.4. The fourth-order valence-corrected chi connectivity index (χ4v) is 7.06. The lowest BCUT2D eigenvalue weighted by atomic mass is 9.77. The van der Waals surface area contributed by atoms with Crippen LogP contribution in [0, 0.1) is 17.8 Å². The van der Waals surface area contributed by atoms with Crippen LogP contribution in [0.25, 0.3) is 22.5 Å². The van der Waals surface area contributed by atoms with Gasteiger partial charge in [0.05, 0.1) is 11.5 Å². The number of nitrogens with one attached hydrogen (secondary N) is 3. The topological polar surface area (TPSA) is 180 Å². The van der Waals surface area contributed by atoms with Gasteiger partial charge in [0.15, 0.2) is 5.82 Å². The quantitative estimate of drug-likeness (QED) is 0.128. The van der Waals surface area contributed by atoms with Gasteiger partial charge in [0.1, 0.15) is 5.78 Å². The Kier molecular flexibility index (Phi) is 11.5. The molecule has 1 heterocycles. The number of anilines is 1. The number of aliphatic hydroxyl groups is 1. The molecule has 1 aliphatic carbocycles. The monoisotopic (exact) mass is 678 g/mol. The van der Waals surface area contributed by atoms with Crippen LogP contribution in [0.4, 0.5) is 5.69 Å². The van der Waals surface area contributed by atoms with E-state index in [0.29, 0.717) is 30.4 Å². The zero-order valence-electron chi connectivity index (χ0n) is 25.9. The van der Waals surface area contributed by atoms with Gasteiger partial charge in [-0.1, -0.05) is 36.4 Å². The molecule has 0 saturated heterocycles. The Morgan fingerprint density at radius 1 is 0.936 bits per heavy atom. The molecule has 0 unspecified atom stereocenters. The van der Waals surface area contributed by atoms with Gasteiger partial charge in [0.2, 0.25) is 21.2 Å². The zero-order chi connectivity index (χ0) is 33.4. The number of aromatic nitrogens is 3. The van der Waals surface area contributed by atoms with Crippen LogP contribution in [0.5, 0.6) is 0 Å². The van der Waals surface area contributed by atoms with Crippen LogP contribution in [-0.2, 0) is 26.0 Å². The summed E-state index contributed by atoms with van der Waals surface area (Å²) in [7, 11) is -3.70. The molecule has 11 nitrogen and oxygen atoms in total. The lowest BCUT2D eigenvalue weighted by molar-refractivity contribution is -0.129. The summed E-state index contributed by atoms with van der Waals surface area (Å²) in [5.41, 5.74) is 9.78. The van der Waals surface area contributed by atoms with Crippen LogP contribution in [0.1, 0.15) is 37.7 Å². The molecule has 0 radical (unpaired) electrons. The number of amides is 1. The molecule has 13 heteroatoms. The molecule has 0 spiro atoms. The molecule has 1 aromatic heterocycles. The van der Waals surface area contributed by atoms with E-state index in [0.717, 1.165) is 47.9 Å². The van der Waals surface area contributed by atoms with Crippen molar-refractivity contribution in [1.29, 1.82) is 0 Å². The lowest BCUT2D eigenvalue weighted by Crippen LogP contribution is -2.31. The maximum Gasteiger partial charge on any atom is 0.240 e. The molecule has 0 bridgehead atoms. The molecule has 3 aromatic carbocycles. The molecular weight excluding hydrogens is 640 g/mol. The molecule has 1 atom stereocenters. The van der Waals surface area contributed by atoms with Crippen LogP contribution in [-0.4, -0.2) is 60.1 Å². The number of carbonyl (C=O) groups excluding carboxylic acids is 2. The van der Waals surface area contributed by atoms with E-state index >= 15 is 0 Å². The molecule has 1 amide bonds. The van der Waals surface area contributed by atoms with Gasteiger partial charge in [-0.2, -0.15) is 10.1 Å². The number of nitrogens with two attached hydrogens (primary N) is 1. The van der Waals surface area contributed by atoms with Gasteiger partial charge in [-0.3, -0.25) is 9.59 Å². The SMILES string of the molecule is NCC1CCC(C(=O)C[C@@H](Cc2ccc(-c3ccc(S(=O)(=O)NCCO)cc3)cc2)C(=O)Nc2ccc(-c3n[nH]c(Cl)n3)cc2)CC1. The highest BCUT2D eigenvalue weighted by molar-refractivity contribution is 7.89. The Labute approximate surface area is 279 Å². The number of carbonyl (C=O) groups is 2. The Morgan fingerprint density at radius 2 is 1.55 bits per heavy atom. The highest BCUT2D eigenvalue weighted by Crippen LogP contribution is 2.31. The summed E-state index contributed by atoms with van der Waals surface area (Å²) < 4.78 is 27.0. The molecule has 6 N–H and O–H groups in total. The normalized spacial score (nSPS) is 17.3. The number of nitrogens with zero attached hydrogens (tertiary/aromatic N) is 2. The third-order valence-corrected chi connectivity index (χ3v) is 10.3. The molecule has 1 fully saturated rings. The number of H-pyrrole nitrogens is 1. The third kappa shape index (κ3) is 9.11. The molecule has 1 aliphatic rings.